The maximum Gasteiger partial charge on any atom is 0.338 e. The van der Waals surface area contributed by atoms with Crippen LogP contribution in [0.25, 0.3) is 0 Å². The Kier molecular flexibility index (Phi) is 8.92. The van der Waals surface area contributed by atoms with Crippen molar-refractivity contribution in [1.82, 2.24) is 25.1 Å². The number of carbonyl (C=O) groups is 3. The normalized spacial score (nSPS) is 20.2. The minimum atomic E-state index is -0.853. The topological polar surface area (TPSA) is 120 Å². The zero-order valence-corrected chi connectivity index (χ0v) is 26.3. The Morgan fingerprint density at radius 3 is 2.78 bits per heavy atom. The largest absolute Gasteiger partial charge is 0.466 e. The van der Waals surface area contributed by atoms with E-state index in [9.17, 15) is 18.8 Å². The van der Waals surface area contributed by atoms with Gasteiger partial charge in [-0.05, 0) is 37.1 Å². The zero-order chi connectivity index (χ0) is 31.7. The molecule has 3 aliphatic heterocycles. The van der Waals surface area contributed by atoms with Gasteiger partial charge >= 0.3 is 12.0 Å². The van der Waals surface area contributed by atoms with Crippen LogP contribution >= 0.6 is 22.9 Å². The van der Waals surface area contributed by atoms with Gasteiger partial charge in [-0.1, -0.05) is 17.7 Å². The molecule has 0 spiro atoms. The lowest BCUT2D eigenvalue weighted by molar-refractivity contribution is -0.136. The number of thiazole rings is 1. The Morgan fingerprint density at radius 2 is 2.04 bits per heavy atom. The first kappa shape index (κ1) is 30.8. The second-order valence-electron chi connectivity index (χ2n) is 11.1. The minimum Gasteiger partial charge on any atom is -0.466 e. The number of methoxy groups -OCH3 is 1. The number of benzene rings is 1. The van der Waals surface area contributed by atoms with Crippen LogP contribution in [0.3, 0.4) is 0 Å². The molecule has 234 valence electrons. The predicted octanol–water partition coefficient (Wildman–Crippen LogP) is 4.00. The number of esters is 1. The number of aromatic nitrogens is 2. The Balaban J connectivity index is 1.26. The van der Waals surface area contributed by atoms with Gasteiger partial charge in [0.15, 0.2) is 10.8 Å². The highest BCUT2D eigenvalue weighted by Gasteiger charge is 2.42. The van der Waals surface area contributed by atoms with Gasteiger partial charge in [0.05, 0.1) is 30.6 Å². The van der Waals surface area contributed by atoms with Crippen molar-refractivity contribution in [2.24, 2.45) is 4.99 Å². The predicted molar refractivity (Wildman–Crippen MR) is 168 cm³/mol. The number of nitrogens with one attached hydrogen (secondary N) is 1. The SMILES string of the molecule is COC(=O)C1=C(CN2CCN3C(=O)N(c4cncc(CCC(C)=O)c4)C[C@@H]3C2)NC(c2nccs2)=N[C@H]1c1ccc(F)cc1Cl. The van der Waals surface area contributed by atoms with E-state index in [-0.39, 0.29) is 28.5 Å². The Bertz CT molecular complexity index is 1700. The number of halogens is 2. The molecule has 1 N–H and O–H groups in total. The number of aryl methyl sites for hydroxylation is 1. The number of hydrogen-bond donors (Lipinski definition) is 1. The Hall–Kier alpha value is -4.20. The molecule has 11 nitrogen and oxygen atoms in total. The molecule has 2 saturated heterocycles. The summed E-state index contributed by atoms with van der Waals surface area (Å²) in [5, 5.41) is 5.92. The summed E-state index contributed by atoms with van der Waals surface area (Å²) in [5.74, 6) is -0.508. The van der Waals surface area contributed by atoms with Gasteiger partial charge in [0.25, 0.3) is 0 Å². The molecule has 0 aliphatic carbocycles. The zero-order valence-electron chi connectivity index (χ0n) is 24.7. The number of hydrogen-bond acceptors (Lipinski definition) is 10. The lowest BCUT2D eigenvalue weighted by Crippen LogP contribution is -2.53. The van der Waals surface area contributed by atoms with Crippen LogP contribution in [-0.2, 0) is 20.7 Å². The number of amides is 2. The molecule has 45 heavy (non-hydrogen) atoms. The first-order valence-electron chi connectivity index (χ1n) is 14.5. The molecular weight excluding hydrogens is 621 g/mol. The Labute approximate surface area is 268 Å². The van der Waals surface area contributed by atoms with E-state index in [4.69, 9.17) is 21.3 Å². The average Bonchev–Trinajstić information content (AvgIpc) is 3.68. The summed E-state index contributed by atoms with van der Waals surface area (Å²) >= 11 is 7.87. The lowest BCUT2D eigenvalue weighted by Gasteiger charge is -2.38. The number of anilines is 1. The van der Waals surface area contributed by atoms with Crippen LogP contribution in [0.15, 0.2) is 64.5 Å². The maximum atomic E-state index is 14.0. The van der Waals surface area contributed by atoms with Crippen LogP contribution in [0.4, 0.5) is 14.9 Å². The number of carbonyl (C=O) groups excluding carboxylic acids is 3. The molecule has 2 atom stereocenters. The number of ether oxygens (including phenoxy) is 1. The molecule has 2 aromatic heterocycles. The number of fused-ring (bicyclic) bond motifs is 1. The fourth-order valence-electron chi connectivity index (χ4n) is 5.90. The third-order valence-corrected chi connectivity index (χ3v) is 9.21. The van der Waals surface area contributed by atoms with Crippen LogP contribution in [-0.4, -0.2) is 89.3 Å². The highest BCUT2D eigenvalue weighted by Crippen LogP contribution is 2.37. The number of nitrogens with zero attached hydrogens (tertiary/aromatic N) is 6. The second-order valence-corrected chi connectivity index (χ2v) is 12.4. The van der Waals surface area contributed by atoms with Crippen LogP contribution in [0.5, 0.6) is 0 Å². The summed E-state index contributed by atoms with van der Waals surface area (Å²) in [5.41, 5.74) is 2.92. The summed E-state index contributed by atoms with van der Waals surface area (Å²) in [7, 11) is 1.30. The number of aliphatic imine (C=N–C) groups is 1. The van der Waals surface area contributed by atoms with Crippen molar-refractivity contribution in [3.8, 4) is 0 Å². The van der Waals surface area contributed by atoms with E-state index in [1.165, 1.54) is 36.6 Å². The highest BCUT2D eigenvalue weighted by molar-refractivity contribution is 7.11. The maximum absolute atomic E-state index is 14.0. The van der Waals surface area contributed by atoms with Crippen molar-refractivity contribution in [2.75, 3.05) is 44.7 Å². The van der Waals surface area contributed by atoms with E-state index >= 15 is 0 Å². The molecule has 3 aliphatic rings. The molecule has 1 aromatic carbocycles. The molecule has 0 unspecified atom stereocenters. The molecule has 6 rings (SSSR count). The monoisotopic (exact) mass is 651 g/mol. The molecule has 2 fully saturated rings. The summed E-state index contributed by atoms with van der Waals surface area (Å²) < 4.78 is 19.2. The second kappa shape index (κ2) is 13.0. The fourth-order valence-corrected chi connectivity index (χ4v) is 6.76. The van der Waals surface area contributed by atoms with Crippen LogP contribution in [0.1, 0.15) is 35.5 Å². The summed E-state index contributed by atoms with van der Waals surface area (Å²) in [4.78, 5) is 57.5. The summed E-state index contributed by atoms with van der Waals surface area (Å²) in [6.45, 7) is 4.00. The van der Waals surface area contributed by atoms with Crippen molar-refractivity contribution in [2.45, 2.75) is 31.8 Å². The van der Waals surface area contributed by atoms with Crippen LogP contribution in [0, 0.1) is 5.82 Å². The number of amidine groups is 1. The third kappa shape index (κ3) is 6.46. The van der Waals surface area contributed by atoms with Gasteiger partial charge in [-0.25, -0.2) is 19.0 Å². The molecule has 0 saturated carbocycles. The van der Waals surface area contributed by atoms with Gasteiger partial charge in [-0.2, -0.15) is 0 Å². The average molecular weight is 652 g/mol. The van der Waals surface area contributed by atoms with Gasteiger partial charge in [0.2, 0.25) is 0 Å². The third-order valence-electron chi connectivity index (χ3n) is 8.10. The first-order valence-corrected chi connectivity index (χ1v) is 15.7. The quantitative estimate of drug-likeness (QED) is 0.345. The highest BCUT2D eigenvalue weighted by atomic mass is 35.5. The van der Waals surface area contributed by atoms with Crippen LogP contribution < -0.4 is 10.2 Å². The number of ketones is 1. The van der Waals surface area contributed by atoms with E-state index in [0.29, 0.717) is 73.4 Å². The molecule has 3 aromatic rings. The van der Waals surface area contributed by atoms with Gasteiger partial charge in [0, 0.05) is 73.2 Å². The summed E-state index contributed by atoms with van der Waals surface area (Å²) in [6, 6.07) is 4.90. The van der Waals surface area contributed by atoms with E-state index < -0.39 is 17.8 Å². The van der Waals surface area contributed by atoms with Gasteiger partial charge < -0.3 is 19.7 Å². The van der Waals surface area contributed by atoms with Gasteiger partial charge in [0.1, 0.15) is 17.6 Å². The van der Waals surface area contributed by atoms with Crippen molar-refractivity contribution in [3.63, 3.8) is 0 Å². The van der Waals surface area contributed by atoms with Crippen molar-refractivity contribution < 1.29 is 23.5 Å². The van der Waals surface area contributed by atoms with E-state index in [1.807, 2.05) is 16.3 Å². The number of urea groups is 1. The van der Waals surface area contributed by atoms with Gasteiger partial charge in [-0.15, -0.1) is 11.3 Å². The molecule has 0 bridgehead atoms. The number of pyridine rings is 1. The molecular formula is C31H31ClFN7O4S. The number of piperazine rings is 1. The first-order chi connectivity index (χ1) is 21.7. The van der Waals surface area contributed by atoms with Crippen molar-refractivity contribution >= 4 is 52.2 Å². The van der Waals surface area contributed by atoms with E-state index in [2.05, 4.69) is 20.2 Å². The summed E-state index contributed by atoms with van der Waals surface area (Å²) in [6.07, 6.45) is 6.05. The van der Waals surface area contributed by atoms with Gasteiger partial charge in [-0.3, -0.25) is 19.8 Å². The number of rotatable bonds is 9. The van der Waals surface area contributed by atoms with Crippen molar-refractivity contribution in [1.29, 1.82) is 0 Å². The minimum absolute atomic E-state index is 0.0837. The van der Waals surface area contributed by atoms with E-state index in [1.54, 1.807) is 30.4 Å². The molecule has 2 amide bonds. The Morgan fingerprint density at radius 1 is 1.20 bits per heavy atom. The number of Topliss-reactive ketones (excluding diaryl/α,β-unsaturated/α-hetero) is 1. The standard InChI is InChI=1S/C31H31ClFN7O4S/c1-18(41)3-4-19-11-21(14-34-13-19)40-16-22-15-38(8-9-39(22)31(40)43)17-25-26(30(42)44-2)27(23-6-5-20(33)12-24(23)32)37-28(36-25)29-35-7-10-45-29/h5-7,10-14,22,27H,3-4,8-9,15-17H2,1-2H3,(H,36,37)/t22-,27-/m0/s1. The molecule has 0 radical (unpaired) electrons. The smallest absolute Gasteiger partial charge is 0.338 e. The van der Waals surface area contributed by atoms with Crippen molar-refractivity contribution in [3.05, 3.63) is 86.5 Å². The molecule has 5 heterocycles. The van der Waals surface area contributed by atoms with Crippen LogP contribution in [0.2, 0.25) is 5.02 Å². The van der Waals surface area contributed by atoms with E-state index in [0.717, 1.165) is 5.56 Å². The molecule has 14 heteroatoms. The lowest BCUT2D eigenvalue weighted by atomic mass is 9.95. The fraction of sp³-hybridized carbons (Fsp3) is 0.355.